The zero-order chi connectivity index (χ0) is 22.9. The molecule has 2 N–H and O–H groups in total. The van der Waals surface area contributed by atoms with Gasteiger partial charge in [-0.05, 0) is 48.7 Å². The van der Waals surface area contributed by atoms with E-state index in [9.17, 15) is 22.4 Å². The van der Waals surface area contributed by atoms with Crippen LogP contribution in [0.5, 0.6) is 0 Å². The van der Waals surface area contributed by atoms with Gasteiger partial charge in [-0.3, -0.25) is 9.59 Å². The summed E-state index contributed by atoms with van der Waals surface area (Å²) in [7, 11) is -4.06. The van der Waals surface area contributed by atoms with E-state index in [-0.39, 0.29) is 49.4 Å². The highest BCUT2D eigenvalue weighted by atomic mass is 32.2. The Kier molecular flexibility index (Phi) is 6.27. The van der Waals surface area contributed by atoms with E-state index in [1.165, 1.54) is 12.1 Å². The lowest BCUT2D eigenvalue weighted by atomic mass is 10.1. The highest BCUT2D eigenvalue weighted by molar-refractivity contribution is 7.89. The Balaban J connectivity index is 1.49. The molecule has 2 fully saturated rings. The van der Waals surface area contributed by atoms with E-state index in [0.717, 1.165) is 22.9 Å². The van der Waals surface area contributed by atoms with Crippen LogP contribution in [0.3, 0.4) is 0 Å². The monoisotopic (exact) mass is 461 g/mol. The summed E-state index contributed by atoms with van der Waals surface area (Å²) in [6, 6.07) is 9.85. The summed E-state index contributed by atoms with van der Waals surface area (Å²) in [5.74, 6) is -1.12. The number of ether oxygens (including phenoxy) is 1. The quantitative estimate of drug-likeness (QED) is 0.688. The summed E-state index contributed by atoms with van der Waals surface area (Å²) >= 11 is 0. The van der Waals surface area contributed by atoms with Crippen LogP contribution < -0.4 is 10.6 Å². The number of halogens is 1. The van der Waals surface area contributed by atoms with Crippen LogP contribution in [0, 0.1) is 17.7 Å². The van der Waals surface area contributed by atoms with Crippen LogP contribution in [0.15, 0.2) is 47.4 Å². The van der Waals surface area contributed by atoms with Crippen molar-refractivity contribution < 1.29 is 27.1 Å². The lowest BCUT2D eigenvalue weighted by molar-refractivity contribution is -0.117. The van der Waals surface area contributed by atoms with Gasteiger partial charge >= 0.3 is 0 Å². The van der Waals surface area contributed by atoms with E-state index < -0.39 is 26.6 Å². The maximum absolute atomic E-state index is 14.4. The average Bonchev–Trinajstić information content (AvgIpc) is 3.52. The second-order valence-corrected chi connectivity index (χ2v) is 9.91. The molecule has 170 valence electrons. The lowest BCUT2D eigenvalue weighted by Crippen LogP contribution is -2.40. The second kappa shape index (κ2) is 8.97. The number of benzene rings is 2. The lowest BCUT2D eigenvalue weighted by Gasteiger charge is -2.26. The second-order valence-electron chi connectivity index (χ2n) is 8.01. The molecule has 1 heterocycles. The third-order valence-electron chi connectivity index (χ3n) is 5.62. The maximum atomic E-state index is 14.4. The summed E-state index contributed by atoms with van der Waals surface area (Å²) in [5, 5.41) is 5.40. The Bertz CT molecular complexity index is 1150. The van der Waals surface area contributed by atoms with Gasteiger partial charge in [0.05, 0.1) is 13.2 Å². The van der Waals surface area contributed by atoms with Crippen molar-refractivity contribution in [3.05, 3.63) is 53.8 Å². The minimum atomic E-state index is -4.06. The van der Waals surface area contributed by atoms with Crippen LogP contribution in [0.2, 0.25) is 0 Å². The largest absolute Gasteiger partial charge is 0.379 e. The number of carbonyl (C=O) groups is 2. The molecule has 0 spiro atoms. The van der Waals surface area contributed by atoms with E-state index in [2.05, 4.69) is 10.6 Å². The molecule has 32 heavy (non-hydrogen) atoms. The molecule has 8 nitrogen and oxygen atoms in total. The molecule has 2 aromatic carbocycles. The number of carbonyl (C=O) groups excluding carboxylic acids is 2. The Morgan fingerprint density at radius 2 is 1.75 bits per heavy atom. The SMILES string of the molecule is CC1CC1C(=O)Nc1cccc(C(=O)Nc2ccc(F)c(S(=O)(=O)N3CCOCC3)c2)c1. The number of amides is 2. The molecule has 2 aliphatic rings. The molecule has 2 amide bonds. The highest BCUT2D eigenvalue weighted by Crippen LogP contribution is 2.38. The van der Waals surface area contributed by atoms with Crippen LogP contribution in [0.1, 0.15) is 23.7 Å². The fourth-order valence-corrected chi connectivity index (χ4v) is 5.07. The number of nitrogens with one attached hydrogen (secondary N) is 2. The average molecular weight is 462 g/mol. The van der Waals surface area contributed by atoms with Crippen molar-refractivity contribution in [2.75, 3.05) is 36.9 Å². The van der Waals surface area contributed by atoms with Gasteiger partial charge in [-0.15, -0.1) is 0 Å². The molecule has 1 saturated carbocycles. The van der Waals surface area contributed by atoms with Gasteiger partial charge in [-0.1, -0.05) is 13.0 Å². The van der Waals surface area contributed by atoms with E-state index >= 15 is 0 Å². The Hall–Kier alpha value is -2.82. The zero-order valence-electron chi connectivity index (χ0n) is 17.5. The number of anilines is 2. The molecule has 2 atom stereocenters. The van der Waals surface area contributed by atoms with Crippen molar-refractivity contribution in [3.63, 3.8) is 0 Å². The summed E-state index contributed by atoms with van der Waals surface area (Å²) < 4.78 is 46.3. The maximum Gasteiger partial charge on any atom is 0.255 e. The zero-order valence-corrected chi connectivity index (χ0v) is 18.3. The van der Waals surface area contributed by atoms with Gasteiger partial charge in [0, 0.05) is 35.9 Å². The van der Waals surface area contributed by atoms with Crippen molar-refractivity contribution in [1.82, 2.24) is 4.31 Å². The van der Waals surface area contributed by atoms with Crippen LogP contribution in [-0.4, -0.2) is 50.8 Å². The Morgan fingerprint density at radius 1 is 1.06 bits per heavy atom. The van der Waals surface area contributed by atoms with Crippen LogP contribution in [0.4, 0.5) is 15.8 Å². The molecule has 4 rings (SSSR count). The summed E-state index contributed by atoms with van der Waals surface area (Å²) in [4.78, 5) is 24.3. The summed E-state index contributed by atoms with van der Waals surface area (Å²) in [5.41, 5.74) is 0.912. The normalized spacial score (nSPS) is 21.1. The molecule has 0 aromatic heterocycles. The standard InChI is InChI=1S/C22H24FN3O5S/c1-14-11-18(14)22(28)25-16-4-2-3-15(12-16)21(27)24-17-5-6-19(23)20(13-17)32(29,30)26-7-9-31-10-8-26/h2-6,12-14,18H,7-11H2,1H3,(H,24,27)(H,25,28). The predicted octanol–water partition coefficient (Wildman–Crippen LogP) is 2.69. The fourth-order valence-electron chi connectivity index (χ4n) is 3.57. The van der Waals surface area contributed by atoms with Crippen LogP contribution in [0.25, 0.3) is 0 Å². The Labute approximate surface area is 185 Å². The number of morpholine rings is 1. The van der Waals surface area contributed by atoms with Crippen molar-refractivity contribution in [2.24, 2.45) is 11.8 Å². The van der Waals surface area contributed by atoms with Gasteiger partial charge in [0.25, 0.3) is 5.91 Å². The molecule has 10 heteroatoms. The van der Waals surface area contributed by atoms with Crippen LogP contribution >= 0.6 is 0 Å². The summed E-state index contributed by atoms with van der Waals surface area (Å²) in [6.07, 6.45) is 0.853. The van der Waals surface area contributed by atoms with Gasteiger partial charge in [0.1, 0.15) is 10.7 Å². The van der Waals surface area contributed by atoms with E-state index in [4.69, 9.17) is 4.74 Å². The molecular formula is C22H24FN3O5S. The van der Waals surface area contributed by atoms with Gasteiger partial charge in [0.15, 0.2) is 0 Å². The molecule has 2 aromatic rings. The number of hydrogen-bond acceptors (Lipinski definition) is 5. The van der Waals surface area contributed by atoms with Crippen molar-refractivity contribution in [3.8, 4) is 0 Å². The molecule has 1 aliphatic heterocycles. The van der Waals surface area contributed by atoms with Gasteiger partial charge in [-0.25, -0.2) is 12.8 Å². The Morgan fingerprint density at radius 3 is 2.44 bits per heavy atom. The molecular weight excluding hydrogens is 437 g/mol. The van der Waals surface area contributed by atoms with E-state index in [1.54, 1.807) is 18.2 Å². The van der Waals surface area contributed by atoms with E-state index in [0.29, 0.717) is 11.6 Å². The van der Waals surface area contributed by atoms with Gasteiger partial charge in [0.2, 0.25) is 15.9 Å². The first-order valence-electron chi connectivity index (χ1n) is 10.4. The highest BCUT2D eigenvalue weighted by Gasteiger charge is 2.39. The third kappa shape index (κ3) is 4.82. The number of nitrogens with zero attached hydrogens (tertiary/aromatic N) is 1. The van der Waals surface area contributed by atoms with Crippen molar-refractivity contribution in [2.45, 2.75) is 18.2 Å². The molecule has 2 unspecified atom stereocenters. The molecule has 0 radical (unpaired) electrons. The topological polar surface area (TPSA) is 105 Å². The first kappa shape index (κ1) is 22.4. The number of hydrogen-bond donors (Lipinski definition) is 2. The minimum absolute atomic E-state index is 0.00136. The molecule has 1 aliphatic carbocycles. The van der Waals surface area contributed by atoms with Crippen LogP contribution in [-0.2, 0) is 19.6 Å². The first-order chi connectivity index (χ1) is 15.3. The minimum Gasteiger partial charge on any atom is -0.379 e. The van der Waals surface area contributed by atoms with Crippen molar-refractivity contribution >= 4 is 33.2 Å². The number of sulfonamides is 1. The summed E-state index contributed by atoms with van der Waals surface area (Å²) in [6.45, 7) is 2.75. The fraction of sp³-hybridized carbons (Fsp3) is 0.364. The first-order valence-corrected chi connectivity index (χ1v) is 11.8. The molecule has 0 bridgehead atoms. The van der Waals surface area contributed by atoms with Gasteiger partial charge < -0.3 is 15.4 Å². The third-order valence-corrected chi connectivity index (χ3v) is 7.53. The van der Waals surface area contributed by atoms with E-state index in [1.807, 2.05) is 6.92 Å². The number of rotatable bonds is 6. The predicted molar refractivity (Wildman–Crippen MR) is 116 cm³/mol. The molecule has 1 saturated heterocycles. The van der Waals surface area contributed by atoms with Crippen molar-refractivity contribution in [1.29, 1.82) is 0 Å². The smallest absolute Gasteiger partial charge is 0.255 e. The van der Waals surface area contributed by atoms with Gasteiger partial charge in [-0.2, -0.15) is 4.31 Å².